The molecule has 0 heterocycles. The summed E-state index contributed by atoms with van der Waals surface area (Å²) < 4.78 is 10.3. The van der Waals surface area contributed by atoms with Crippen LogP contribution in [0.1, 0.15) is 15.9 Å². The predicted molar refractivity (Wildman–Crippen MR) is 107 cm³/mol. The summed E-state index contributed by atoms with van der Waals surface area (Å²) in [5.41, 5.74) is 0.233. The number of nitrogens with one attached hydrogen (secondary N) is 2. The van der Waals surface area contributed by atoms with E-state index in [-0.39, 0.29) is 26.6 Å². The molecule has 0 bridgehead atoms. The fraction of sp³-hybridized carbons (Fsp3) is 0.176. The van der Waals surface area contributed by atoms with Gasteiger partial charge in [0.15, 0.2) is 0 Å². The van der Waals surface area contributed by atoms with Crippen LogP contribution in [-0.2, 0) is 0 Å². The van der Waals surface area contributed by atoms with E-state index in [1.54, 1.807) is 25.1 Å². The van der Waals surface area contributed by atoms with Gasteiger partial charge in [0.2, 0.25) is 5.75 Å². The summed E-state index contributed by atoms with van der Waals surface area (Å²) >= 11 is 9.16. The quantitative estimate of drug-likeness (QED) is 0.494. The number of methoxy groups -OCH3 is 2. The van der Waals surface area contributed by atoms with Crippen LogP contribution in [0, 0.1) is 17.0 Å². The average molecular weight is 473 g/mol. The van der Waals surface area contributed by atoms with Gasteiger partial charge in [0, 0.05) is 6.07 Å². The molecule has 0 unspecified atom stereocenters. The Hall–Kier alpha value is -2.85. The lowest BCUT2D eigenvalue weighted by atomic mass is 10.1. The van der Waals surface area contributed by atoms with Gasteiger partial charge in [0.1, 0.15) is 11.3 Å². The summed E-state index contributed by atoms with van der Waals surface area (Å²) in [5, 5.41) is 16.1. The van der Waals surface area contributed by atoms with E-state index < -0.39 is 22.5 Å². The molecule has 0 aromatic heterocycles. The van der Waals surface area contributed by atoms with Crippen molar-refractivity contribution in [2.75, 3.05) is 19.5 Å². The number of nitro benzene ring substituents is 1. The zero-order valence-electron chi connectivity index (χ0n) is 15.0. The number of carbonyl (C=O) groups is 2. The van der Waals surface area contributed by atoms with Gasteiger partial charge in [0.05, 0.1) is 34.3 Å². The van der Waals surface area contributed by atoms with E-state index in [2.05, 4.69) is 26.6 Å². The van der Waals surface area contributed by atoms with Crippen molar-refractivity contribution < 1.29 is 24.0 Å². The summed E-state index contributed by atoms with van der Waals surface area (Å²) in [4.78, 5) is 35.5. The number of halogens is 2. The summed E-state index contributed by atoms with van der Waals surface area (Å²) in [6, 6.07) is 5.28. The number of aryl methyl sites for hydroxylation is 1. The molecule has 148 valence electrons. The minimum absolute atomic E-state index is 0.0262. The number of amides is 3. The molecule has 0 aliphatic rings. The first kappa shape index (κ1) is 21.5. The molecule has 2 aromatic rings. The highest BCUT2D eigenvalue weighted by Gasteiger charge is 2.30. The number of rotatable bonds is 5. The Bertz CT molecular complexity index is 946. The molecular formula is C17H15BrClN3O6. The maximum absolute atomic E-state index is 12.7. The summed E-state index contributed by atoms with van der Waals surface area (Å²) in [6.07, 6.45) is 0. The van der Waals surface area contributed by atoms with Crippen molar-refractivity contribution in [2.24, 2.45) is 0 Å². The van der Waals surface area contributed by atoms with Gasteiger partial charge in [-0.2, -0.15) is 0 Å². The molecule has 0 spiro atoms. The molecule has 2 N–H and O–H groups in total. The number of benzene rings is 2. The third-order valence-electron chi connectivity index (χ3n) is 3.69. The lowest BCUT2D eigenvalue weighted by Gasteiger charge is -2.15. The van der Waals surface area contributed by atoms with Crippen LogP contribution >= 0.6 is 27.5 Å². The third-order valence-corrected chi connectivity index (χ3v) is 4.59. The van der Waals surface area contributed by atoms with Crippen molar-refractivity contribution >= 4 is 50.8 Å². The SMILES string of the molecule is COc1c(Br)cc([N+](=O)[O-])c(OC)c1C(=O)NC(=O)Nc1c(C)cccc1Cl. The number of anilines is 1. The molecule has 28 heavy (non-hydrogen) atoms. The minimum atomic E-state index is -0.958. The molecule has 0 atom stereocenters. The van der Waals surface area contributed by atoms with Crippen LogP contribution < -0.4 is 20.1 Å². The molecule has 9 nitrogen and oxygen atoms in total. The molecule has 2 aromatic carbocycles. The smallest absolute Gasteiger partial charge is 0.326 e. The molecule has 0 saturated carbocycles. The lowest BCUT2D eigenvalue weighted by molar-refractivity contribution is -0.385. The van der Waals surface area contributed by atoms with E-state index in [1.807, 2.05) is 0 Å². The van der Waals surface area contributed by atoms with Gasteiger partial charge >= 0.3 is 11.7 Å². The van der Waals surface area contributed by atoms with Gasteiger partial charge in [-0.05, 0) is 34.5 Å². The molecule has 0 radical (unpaired) electrons. The Morgan fingerprint density at radius 3 is 2.39 bits per heavy atom. The van der Waals surface area contributed by atoms with Crippen molar-refractivity contribution in [1.82, 2.24) is 5.32 Å². The summed E-state index contributed by atoms with van der Waals surface area (Å²) in [5.74, 6) is -1.33. The Balaban J connectivity index is 2.40. The number of hydrogen-bond acceptors (Lipinski definition) is 6. The number of imide groups is 1. The fourth-order valence-electron chi connectivity index (χ4n) is 2.45. The predicted octanol–water partition coefficient (Wildman–Crippen LogP) is 4.30. The first-order chi connectivity index (χ1) is 13.2. The lowest BCUT2D eigenvalue weighted by Crippen LogP contribution is -2.35. The number of para-hydroxylation sites is 1. The number of nitrogens with zero attached hydrogens (tertiary/aromatic N) is 1. The molecule has 0 fully saturated rings. The minimum Gasteiger partial charge on any atom is -0.495 e. The average Bonchev–Trinajstić information content (AvgIpc) is 2.63. The van der Waals surface area contributed by atoms with Crippen LogP contribution in [0.3, 0.4) is 0 Å². The molecule has 0 aliphatic heterocycles. The largest absolute Gasteiger partial charge is 0.495 e. The number of ether oxygens (including phenoxy) is 2. The zero-order valence-corrected chi connectivity index (χ0v) is 17.3. The van der Waals surface area contributed by atoms with Crippen molar-refractivity contribution in [3.05, 3.63) is 55.0 Å². The van der Waals surface area contributed by atoms with E-state index in [0.717, 1.165) is 6.07 Å². The van der Waals surface area contributed by atoms with Gasteiger partial charge in [-0.3, -0.25) is 20.2 Å². The summed E-state index contributed by atoms with van der Waals surface area (Å²) in [6.45, 7) is 1.73. The number of hydrogen-bond donors (Lipinski definition) is 2. The Morgan fingerprint density at radius 2 is 1.86 bits per heavy atom. The van der Waals surface area contributed by atoms with Crippen molar-refractivity contribution in [2.45, 2.75) is 6.92 Å². The van der Waals surface area contributed by atoms with Crippen LogP contribution in [0.25, 0.3) is 0 Å². The van der Waals surface area contributed by atoms with Crippen molar-refractivity contribution in [1.29, 1.82) is 0 Å². The second kappa shape index (κ2) is 8.89. The third kappa shape index (κ3) is 4.34. The second-order valence-corrected chi connectivity index (χ2v) is 6.68. The van der Waals surface area contributed by atoms with Crippen molar-refractivity contribution in [3.8, 4) is 11.5 Å². The van der Waals surface area contributed by atoms with Gasteiger partial charge in [-0.15, -0.1) is 0 Å². The maximum Gasteiger partial charge on any atom is 0.326 e. The van der Waals surface area contributed by atoms with Gasteiger partial charge < -0.3 is 14.8 Å². The highest BCUT2D eigenvalue weighted by atomic mass is 79.9. The number of urea groups is 1. The number of carbonyl (C=O) groups excluding carboxylic acids is 2. The Labute approximate surface area is 173 Å². The van der Waals surface area contributed by atoms with Crippen LogP contribution in [0.4, 0.5) is 16.2 Å². The molecule has 0 saturated heterocycles. The van der Waals surface area contributed by atoms with Gasteiger partial charge in [-0.1, -0.05) is 23.7 Å². The van der Waals surface area contributed by atoms with E-state index in [4.69, 9.17) is 21.1 Å². The maximum atomic E-state index is 12.7. The topological polar surface area (TPSA) is 120 Å². The number of nitro groups is 1. The fourth-order valence-corrected chi connectivity index (χ4v) is 3.30. The molecule has 3 amide bonds. The van der Waals surface area contributed by atoms with Crippen LogP contribution in [0.5, 0.6) is 11.5 Å². The van der Waals surface area contributed by atoms with E-state index in [1.165, 1.54) is 14.2 Å². The summed E-state index contributed by atoms with van der Waals surface area (Å²) in [7, 11) is 2.44. The Morgan fingerprint density at radius 1 is 1.21 bits per heavy atom. The second-order valence-electron chi connectivity index (χ2n) is 5.42. The molecule has 2 rings (SSSR count). The van der Waals surface area contributed by atoms with Crippen LogP contribution in [0.15, 0.2) is 28.7 Å². The molecule has 11 heteroatoms. The van der Waals surface area contributed by atoms with E-state index >= 15 is 0 Å². The Kier molecular flexibility index (Phi) is 6.81. The van der Waals surface area contributed by atoms with E-state index in [0.29, 0.717) is 11.3 Å². The monoisotopic (exact) mass is 471 g/mol. The first-order valence-electron chi connectivity index (χ1n) is 7.67. The zero-order chi connectivity index (χ0) is 21.0. The van der Waals surface area contributed by atoms with Gasteiger partial charge in [0.25, 0.3) is 5.91 Å². The van der Waals surface area contributed by atoms with Crippen LogP contribution in [-0.4, -0.2) is 31.1 Å². The van der Waals surface area contributed by atoms with Gasteiger partial charge in [-0.25, -0.2) is 4.79 Å². The first-order valence-corrected chi connectivity index (χ1v) is 8.84. The highest BCUT2D eigenvalue weighted by molar-refractivity contribution is 9.10. The van der Waals surface area contributed by atoms with E-state index in [9.17, 15) is 19.7 Å². The van der Waals surface area contributed by atoms with Crippen molar-refractivity contribution in [3.63, 3.8) is 0 Å². The van der Waals surface area contributed by atoms with Crippen LogP contribution in [0.2, 0.25) is 5.02 Å². The normalized spacial score (nSPS) is 10.2. The highest BCUT2D eigenvalue weighted by Crippen LogP contribution is 2.42. The molecule has 0 aliphatic carbocycles. The standard InChI is InChI=1S/C17H15BrClN3O6/c1-8-5-4-6-10(19)13(8)20-17(24)21-16(23)12-14(27-2)9(18)7-11(22(25)26)15(12)28-3/h4-7H,1-3H3,(H2,20,21,23,24). The molecular weight excluding hydrogens is 458 g/mol.